The van der Waals surface area contributed by atoms with Crippen molar-refractivity contribution in [2.45, 2.75) is 44.2 Å². The van der Waals surface area contributed by atoms with Crippen LogP contribution >= 0.6 is 0 Å². The normalized spacial score (nSPS) is 49.2. The van der Waals surface area contributed by atoms with Crippen LogP contribution in [0.15, 0.2) is 0 Å². The third-order valence-corrected chi connectivity index (χ3v) is 4.97. The zero-order chi connectivity index (χ0) is 10.9. The van der Waals surface area contributed by atoms with Gasteiger partial charge >= 0.3 is 5.97 Å². The van der Waals surface area contributed by atoms with Crippen LogP contribution in [0.4, 0.5) is 0 Å². The van der Waals surface area contributed by atoms with E-state index >= 15 is 0 Å². The highest BCUT2D eigenvalue weighted by molar-refractivity contribution is 5.86. The molecule has 3 aliphatic heterocycles. The Morgan fingerprint density at radius 1 is 1.38 bits per heavy atom. The Hall–Kier alpha value is -1.06. The van der Waals surface area contributed by atoms with Crippen molar-refractivity contribution >= 4 is 11.9 Å². The highest BCUT2D eigenvalue weighted by atomic mass is 16.6. The van der Waals surface area contributed by atoms with Gasteiger partial charge in [0.2, 0.25) is 5.91 Å². The Bertz CT molecular complexity index is 394. The molecule has 1 amide bonds. The van der Waals surface area contributed by atoms with Crippen molar-refractivity contribution in [3.05, 3.63) is 0 Å². The van der Waals surface area contributed by atoms with Gasteiger partial charge in [0.15, 0.2) is 0 Å². The molecule has 0 aromatic rings. The van der Waals surface area contributed by atoms with Crippen LogP contribution in [0.1, 0.15) is 32.1 Å². The molecule has 1 aliphatic carbocycles. The zero-order valence-corrected chi connectivity index (χ0v) is 9.15. The average Bonchev–Trinajstić information content (AvgIpc) is 2.68. The first-order chi connectivity index (χ1) is 7.71. The van der Waals surface area contributed by atoms with E-state index in [1.54, 1.807) is 0 Å². The molecule has 16 heavy (non-hydrogen) atoms. The van der Waals surface area contributed by atoms with Gasteiger partial charge in [-0.05, 0) is 25.2 Å². The fourth-order valence-corrected chi connectivity index (χ4v) is 4.52. The smallest absolute Gasteiger partial charge is 0.314 e. The average molecular weight is 221 g/mol. The Morgan fingerprint density at radius 3 is 3.12 bits per heavy atom. The Labute approximate surface area is 93.9 Å². The molecule has 2 bridgehead atoms. The molecule has 1 saturated carbocycles. The first-order valence-corrected chi connectivity index (χ1v) is 6.21. The minimum atomic E-state index is -0.321. The second-order valence-corrected chi connectivity index (χ2v) is 5.72. The number of hydrogen-bond acceptors (Lipinski definition) is 3. The molecule has 4 rings (SSSR count). The van der Waals surface area contributed by atoms with E-state index < -0.39 is 0 Å². The van der Waals surface area contributed by atoms with Crippen LogP contribution in [0.5, 0.6) is 0 Å². The molecule has 0 aromatic heterocycles. The number of carbonyl (C=O) groups excluding carboxylic acids is 2. The fraction of sp³-hybridized carbons (Fsp3) is 0.833. The van der Waals surface area contributed by atoms with Crippen molar-refractivity contribution in [1.82, 2.24) is 4.90 Å². The van der Waals surface area contributed by atoms with Crippen molar-refractivity contribution < 1.29 is 14.3 Å². The van der Waals surface area contributed by atoms with Gasteiger partial charge in [0, 0.05) is 19.4 Å². The summed E-state index contributed by atoms with van der Waals surface area (Å²) in [5, 5.41) is 0. The predicted molar refractivity (Wildman–Crippen MR) is 54.4 cm³/mol. The number of rotatable bonds is 0. The quantitative estimate of drug-likeness (QED) is 0.566. The van der Waals surface area contributed by atoms with Gasteiger partial charge < -0.3 is 9.64 Å². The van der Waals surface area contributed by atoms with Gasteiger partial charge in [-0.2, -0.15) is 0 Å². The number of amides is 1. The van der Waals surface area contributed by atoms with Gasteiger partial charge in [0.25, 0.3) is 0 Å². The molecule has 1 spiro atoms. The fourth-order valence-electron chi connectivity index (χ4n) is 4.52. The molecule has 4 fully saturated rings. The number of piperidine rings is 1. The molecule has 0 N–H and O–H groups in total. The van der Waals surface area contributed by atoms with Crippen LogP contribution in [-0.2, 0) is 14.3 Å². The lowest BCUT2D eigenvalue weighted by Gasteiger charge is -2.46. The van der Waals surface area contributed by atoms with E-state index in [0.29, 0.717) is 12.3 Å². The maximum atomic E-state index is 12.1. The number of hydrogen-bond donors (Lipinski definition) is 0. The number of fused-ring (bicyclic) bond motifs is 1. The van der Waals surface area contributed by atoms with E-state index in [-0.39, 0.29) is 29.4 Å². The summed E-state index contributed by atoms with van der Waals surface area (Å²) in [5.41, 5.74) is -0.321. The summed E-state index contributed by atoms with van der Waals surface area (Å²) < 4.78 is 5.46. The molecule has 4 atom stereocenters. The van der Waals surface area contributed by atoms with E-state index in [9.17, 15) is 9.59 Å². The summed E-state index contributed by atoms with van der Waals surface area (Å²) >= 11 is 0. The van der Waals surface area contributed by atoms with Crippen molar-refractivity contribution in [2.75, 3.05) is 6.54 Å². The van der Waals surface area contributed by atoms with E-state index in [0.717, 1.165) is 32.2 Å². The van der Waals surface area contributed by atoms with Gasteiger partial charge in [-0.25, -0.2) is 0 Å². The van der Waals surface area contributed by atoms with E-state index in [1.807, 2.05) is 4.90 Å². The third-order valence-electron chi connectivity index (χ3n) is 4.97. The van der Waals surface area contributed by atoms with Crippen molar-refractivity contribution in [1.29, 1.82) is 0 Å². The SMILES string of the molecule is O=C1C[C@H]2C[C@@H]3C[C@@]4(CCCN1[C@@H]24)C(=O)O3. The summed E-state index contributed by atoms with van der Waals surface area (Å²) in [7, 11) is 0. The molecular formula is C12H15NO3. The van der Waals surface area contributed by atoms with Crippen molar-refractivity contribution in [3.8, 4) is 0 Å². The number of esters is 1. The van der Waals surface area contributed by atoms with E-state index in [1.165, 1.54) is 0 Å². The lowest BCUT2D eigenvalue weighted by molar-refractivity contribution is -0.153. The van der Waals surface area contributed by atoms with Gasteiger partial charge in [0.1, 0.15) is 6.10 Å². The minimum absolute atomic E-state index is 0.0237. The highest BCUT2D eigenvalue weighted by Gasteiger charge is 2.65. The molecule has 0 radical (unpaired) electrons. The van der Waals surface area contributed by atoms with E-state index in [2.05, 4.69) is 0 Å². The molecule has 0 aromatic carbocycles. The van der Waals surface area contributed by atoms with E-state index in [4.69, 9.17) is 4.74 Å². The van der Waals surface area contributed by atoms with Crippen LogP contribution < -0.4 is 0 Å². The van der Waals surface area contributed by atoms with Crippen LogP contribution in [-0.4, -0.2) is 35.5 Å². The van der Waals surface area contributed by atoms with Crippen LogP contribution in [0.2, 0.25) is 0 Å². The van der Waals surface area contributed by atoms with Crippen LogP contribution in [0.3, 0.4) is 0 Å². The largest absolute Gasteiger partial charge is 0.462 e. The summed E-state index contributed by atoms with van der Waals surface area (Å²) in [6.07, 6.45) is 4.38. The first-order valence-electron chi connectivity index (χ1n) is 6.21. The molecule has 3 heterocycles. The van der Waals surface area contributed by atoms with Crippen molar-refractivity contribution in [2.24, 2.45) is 11.3 Å². The molecule has 3 saturated heterocycles. The standard InChI is InChI=1S/C12H15NO3/c14-9-5-7-4-8-6-12(11(15)16-8)2-1-3-13(9)10(7)12/h7-8,10H,1-6H2/t7-,8-,10+,12-/m1/s1. The topological polar surface area (TPSA) is 46.6 Å². The Kier molecular flexibility index (Phi) is 1.47. The molecule has 4 aliphatic rings. The molecule has 86 valence electrons. The lowest BCUT2D eigenvalue weighted by atomic mass is 9.63. The lowest BCUT2D eigenvalue weighted by Crippen LogP contribution is -2.56. The molecular weight excluding hydrogens is 206 g/mol. The zero-order valence-electron chi connectivity index (χ0n) is 9.15. The van der Waals surface area contributed by atoms with Crippen LogP contribution in [0, 0.1) is 11.3 Å². The summed E-state index contributed by atoms with van der Waals surface area (Å²) in [6.45, 7) is 0.847. The van der Waals surface area contributed by atoms with Gasteiger partial charge in [-0.3, -0.25) is 9.59 Å². The second kappa shape index (κ2) is 2.60. The minimum Gasteiger partial charge on any atom is -0.462 e. The Balaban J connectivity index is 1.85. The number of ether oxygens (including phenoxy) is 1. The molecule has 4 heteroatoms. The summed E-state index contributed by atoms with van der Waals surface area (Å²) in [5.74, 6) is 0.608. The highest BCUT2D eigenvalue weighted by Crippen LogP contribution is 2.57. The maximum Gasteiger partial charge on any atom is 0.314 e. The van der Waals surface area contributed by atoms with Crippen LogP contribution in [0.25, 0.3) is 0 Å². The first kappa shape index (κ1) is 9.02. The third kappa shape index (κ3) is 0.837. The molecule has 4 nitrogen and oxygen atoms in total. The number of nitrogens with zero attached hydrogens (tertiary/aromatic N) is 1. The maximum absolute atomic E-state index is 12.1. The predicted octanol–water partition coefficient (Wildman–Crippen LogP) is 0.703. The number of carbonyl (C=O) groups is 2. The Morgan fingerprint density at radius 2 is 2.25 bits per heavy atom. The summed E-state index contributed by atoms with van der Waals surface area (Å²) in [4.78, 5) is 26.0. The van der Waals surface area contributed by atoms with Crippen molar-refractivity contribution in [3.63, 3.8) is 0 Å². The second-order valence-electron chi connectivity index (χ2n) is 5.72. The summed E-state index contributed by atoms with van der Waals surface area (Å²) in [6, 6.07) is 0.167. The van der Waals surface area contributed by atoms with Gasteiger partial charge in [0.05, 0.1) is 11.5 Å². The van der Waals surface area contributed by atoms with Gasteiger partial charge in [-0.15, -0.1) is 0 Å². The van der Waals surface area contributed by atoms with Gasteiger partial charge in [-0.1, -0.05) is 0 Å². The molecule has 0 unspecified atom stereocenters. The monoisotopic (exact) mass is 221 g/mol.